The van der Waals surface area contributed by atoms with Crippen LogP contribution < -0.4 is 5.73 Å². The molecule has 0 bridgehead atoms. The van der Waals surface area contributed by atoms with Crippen LogP contribution in [-0.2, 0) is 10.2 Å². The highest BCUT2D eigenvalue weighted by Crippen LogP contribution is 2.48. The van der Waals surface area contributed by atoms with Crippen LogP contribution in [-0.4, -0.2) is 24.1 Å². The smallest absolute Gasteiger partial charge is 0.404 e. The van der Waals surface area contributed by atoms with Crippen molar-refractivity contribution in [1.29, 1.82) is 0 Å². The van der Waals surface area contributed by atoms with Crippen molar-refractivity contribution in [3.63, 3.8) is 0 Å². The average molecular weight is 512 g/mol. The predicted octanol–water partition coefficient (Wildman–Crippen LogP) is 6.81. The molecule has 0 radical (unpaired) electrons. The van der Waals surface area contributed by atoms with E-state index in [0.717, 1.165) is 21.6 Å². The minimum atomic E-state index is -0.859. The Morgan fingerprint density at radius 2 is 1.66 bits per heavy atom. The Hall–Kier alpha value is -2.80. The third-order valence-corrected chi connectivity index (χ3v) is 7.58. The maximum atomic E-state index is 11.6. The number of amides is 1. The lowest BCUT2D eigenvalue weighted by atomic mass is 9.60. The molecule has 1 amide bonds. The standard InChI is InChI=1S/C28H30ClNO4S/c1-27(2,3)28(18-34-26(30)33,16-25(32)20-5-4-6-22(29)15-20)21-9-13-24(14-10-21)35-23-11-7-19(17-31)8-12-23/h4-15,17,25,32H,16,18H2,1-3H3,(H2,30,33)/t25-,28?/m1/s1. The van der Waals surface area contributed by atoms with Gasteiger partial charge in [0, 0.05) is 25.8 Å². The van der Waals surface area contributed by atoms with Crippen molar-refractivity contribution in [1.82, 2.24) is 0 Å². The van der Waals surface area contributed by atoms with Gasteiger partial charge in [0.05, 0.1) is 6.10 Å². The summed E-state index contributed by atoms with van der Waals surface area (Å²) < 4.78 is 5.36. The Labute approximate surface area is 215 Å². The number of carbonyl (C=O) groups excluding carboxylic acids is 2. The average Bonchev–Trinajstić information content (AvgIpc) is 2.82. The van der Waals surface area contributed by atoms with Crippen molar-refractivity contribution in [2.24, 2.45) is 11.1 Å². The molecule has 7 heteroatoms. The number of rotatable bonds is 9. The largest absolute Gasteiger partial charge is 0.449 e. The van der Waals surface area contributed by atoms with Crippen LogP contribution in [0.4, 0.5) is 4.79 Å². The summed E-state index contributed by atoms with van der Waals surface area (Å²) in [6, 6.07) is 22.5. The molecule has 0 saturated carbocycles. The second-order valence-corrected chi connectivity index (χ2v) is 11.1. The highest BCUT2D eigenvalue weighted by molar-refractivity contribution is 7.99. The second kappa shape index (κ2) is 11.3. The molecule has 0 aliphatic carbocycles. The Morgan fingerprint density at radius 1 is 1.06 bits per heavy atom. The fourth-order valence-electron chi connectivity index (χ4n) is 4.16. The zero-order valence-corrected chi connectivity index (χ0v) is 21.6. The number of nitrogens with two attached hydrogens (primary N) is 1. The molecule has 3 N–H and O–H groups in total. The minimum absolute atomic E-state index is 0.0170. The number of hydrogen-bond acceptors (Lipinski definition) is 5. The number of aldehydes is 1. The van der Waals surface area contributed by atoms with Crippen molar-refractivity contribution in [2.45, 2.75) is 48.5 Å². The number of primary amides is 1. The van der Waals surface area contributed by atoms with Crippen LogP contribution in [0.5, 0.6) is 0 Å². The fourth-order valence-corrected chi connectivity index (χ4v) is 5.18. The van der Waals surface area contributed by atoms with Crippen molar-refractivity contribution < 1.29 is 19.4 Å². The van der Waals surface area contributed by atoms with Crippen LogP contribution in [0.15, 0.2) is 82.6 Å². The first kappa shape index (κ1) is 26.8. The van der Waals surface area contributed by atoms with Gasteiger partial charge in [-0.15, -0.1) is 0 Å². The molecule has 0 aliphatic rings. The van der Waals surface area contributed by atoms with Crippen molar-refractivity contribution >= 4 is 35.7 Å². The first-order valence-corrected chi connectivity index (χ1v) is 12.4. The maximum absolute atomic E-state index is 11.6. The zero-order chi connectivity index (χ0) is 25.6. The monoisotopic (exact) mass is 511 g/mol. The molecule has 184 valence electrons. The number of carbonyl (C=O) groups is 2. The van der Waals surface area contributed by atoms with Crippen molar-refractivity contribution in [3.8, 4) is 0 Å². The van der Waals surface area contributed by atoms with Crippen LogP contribution in [0.25, 0.3) is 0 Å². The van der Waals surface area contributed by atoms with Gasteiger partial charge in [-0.25, -0.2) is 4.79 Å². The number of hydrogen-bond donors (Lipinski definition) is 2. The van der Waals surface area contributed by atoms with Gasteiger partial charge in [-0.1, -0.05) is 80.5 Å². The van der Waals surface area contributed by atoms with E-state index < -0.39 is 23.0 Å². The van der Waals surface area contributed by atoms with Gasteiger partial charge in [0.25, 0.3) is 0 Å². The van der Waals surface area contributed by atoms with Crippen LogP contribution in [0.3, 0.4) is 0 Å². The SMILES string of the molecule is CC(C)(C)C(COC(N)=O)(C[C@@H](O)c1cccc(Cl)c1)c1ccc(Sc2ccc(C=O)cc2)cc1. The van der Waals surface area contributed by atoms with E-state index in [1.165, 1.54) is 0 Å². The van der Waals surface area contributed by atoms with Gasteiger partial charge < -0.3 is 15.6 Å². The summed E-state index contributed by atoms with van der Waals surface area (Å²) in [5, 5.41) is 11.7. The molecule has 3 aromatic carbocycles. The van der Waals surface area contributed by atoms with E-state index in [9.17, 15) is 14.7 Å². The van der Waals surface area contributed by atoms with Crippen molar-refractivity contribution in [2.75, 3.05) is 6.61 Å². The van der Waals surface area contributed by atoms with E-state index in [4.69, 9.17) is 22.1 Å². The molecule has 0 fully saturated rings. The Kier molecular flexibility index (Phi) is 8.65. The summed E-state index contributed by atoms with van der Waals surface area (Å²) in [5.41, 5.74) is 6.46. The number of ether oxygens (including phenoxy) is 1. The molecule has 0 saturated heterocycles. The van der Waals surface area contributed by atoms with Gasteiger partial charge >= 0.3 is 6.09 Å². The molecular formula is C28H30ClNO4S. The van der Waals surface area contributed by atoms with Gasteiger partial charge in [-0.3, -0.25) is 4.79 Å². The quantitative estimate of drug-likeness (QED) is 0.308. The summed E-state index contributed by atoms with van der Waals surface area (Å²) in [6.45, 7) is 6.18. The summed E-state index contributed by atoms with van der Waals surface area (Å²) in [6.07, 6.45) is -0.581. The fraction of sp³-hybridized carbons (Fsp3) is 0.286. The number of aliphatic hydroxyl groups excluding tert-OH is 1. The zero-order valence-electron chi connectivity index (χ0n) is 20.0. The summed E-state index contributed by atoms with van der Waals surface area (Å²) in [7, 11) is 0. The first-order chi connectivity index (χ1) is 16.5. The predicted molar refractivity (Wildman–Crippen MR) is 140 cm³/mol. The molecule has 5 nitrogen and oxygen atoms in total. The maximum Gasteiger partial charge on any atom is 0.404 e. The van der Waals surface area contributed by atoms with E-state index in [1.54, 1.807) is 42.1 Å². The Morgan fingerprint density at radius 3 is 2.17 bits per heavy atom. The molecule has 2 atom stereocenters. The summed E-state index contributed by atoms with van der Waals surface area (Å²) in [5.74, 6) is 0. The van der Waals surface area contributed by atoms with E-state index in [-0.39, 0.29) is 6.61 Å². The normalized spacial score (nSPS) is 14.1. The molecule has 0 aromatic heterocycles. The molecule has 0 aliphatic heterocycles. The Bertz CT molecular complexity index is 1160. The topological polar surface area (TPSA) is 89.6 Å². The number of benzene rings is 3. The molecule has 0 spiro atoms. The van der Waals surface area contributed by atoms with Gasteiger partial charge in [0.15, 0.2) is 0 Å². The molecule has 3 rings (SSSR count). The van der Waals surface area contributed by atoms with Crippen molar-refractivity contribution in [3.05, 3.63) is 94.5 Å². The van der Waals surface area contributed by atoms with Crippen LogP contribution in [0, 0.1) is 5.41 Å². The van der Waals surface area contributed by atoms with E-state index in [2.05, 4.69) is 20.8 Å². The highest BCUT2D eigenvalue weighted by Gasteiger charge is 2.46. The third-order valence-electron chi connectivity index (χ3n) is 6.33. The lowest BCUT2D eigenvalue weighted by Crippen LogP contribution is -2.46. The van der Waals surface area contributed by atoms with Gasteiger partial charge in [0.2, 0.25) is 0 Å². The van der Waals surface area contributed by atoms with Crippen LogP contribution in [0.2, 0.25) is 5.02 Å². The first-order valence-electron chi connectivity index (χ1n) is 11.2. The number of aliphatic hydroxyl groups is 1. The lowest BCUT2D eigenvalue weighted by molar-refractivity contribution is 0.0224. The number of halogens is 1. The van der Waals surface area contributed by atoms with Gasteiger partial charge in [-0.2, -0.15) is 0 Å². The van der Waals surface area contributed by atoms with E-state index >= 15 is 0 Å². The third kappa shape index (κ3) is 6.66. The molecule has 1 unspecified atom stereocenters. The summed E-state index contributed by atoms with van der Waals surface area (Å²) in [4.78, 5) is 24.5. The second-order valence-electron chi connectivity index (χ2n) is 9.53. The van der Waals surface area contributed by atoms with Crippen LogP contribution in [0.1, 0.15) is 54.8 Å². The molecule has 0 heterocycles. The van der Waals surface area contributed by atoms with E-state index in [0.29, 0.717) is 22.6 Å². The van der Waals surface area contributed by atoms with Crippen LogP contribution >= 0.6 is 23.4 Å². The molecule has 35 heavy (non-hydrogen) atoms. The Balaban J connectivity index is 1.96. The summed E-state index contributed by atoms with van der Waals surface area (Å²) >= 11 is 7.73. The minimum Gasteiger partial charge on any atom is -0.449 e. The molecular weight excluding hydrogens is 482 g/mol. The van der Waals surface area contributed by atoms with Gasteiger partial charge in [-0.05, 0) is 59.4 Å². The van der Waals surface area contributed by atoms with E-state index in [1.807, 2.05) is 42.5 Å². The molecule has 3 aromatic rings. The highest BCUT2D eigenvalue weighted by atomic mass is 35.5. The van der Waals surface area contributed by atoms with Gasteiger partial charge in [0.1, 0.15) is 12.9 Å². The lowest BCUT2D eigenvalue weighted by Gasteiger charge is -2.46.